The van der Waals surface area contributed by atoms with Crippen LogP contribution in [0.4, 0.5) is 0 Å². The minimum Gasteiger partial charge on any atom is -0.341 e. The molecule has 1 fully saturated rings. The molecule has 0 bridgehead atoms. The van der Waals surface area contributed by atoms with Gasteiger partial charge in [0.25, 0.3) is 0 Å². The van der Waals surface area contributed by atoms with Gasteiger partial charge in [0.1, 0.15) is 0 Å². The predicted octanol–water partition coefficient (Wildman–Crippen LogP) is 0.736. The van der Waals surface area contributed by atoms with E-state index in [1.54, 1.807) is 24.3 Å². The fourth-order valence-electron chi connectivity index (χ4n) is 1.49. The quantitative estimate of drug-likeness (QED) is 0.728. The summed E-state index contributed by atoms with van der Waals surface area (Å²) >= 11 is 0. The minimum atomic E-state index is -1.32. The van der Waals surface area contributed by atoms with Gasteiger partial charge >= 0.3 is 0 Å². The first-order chi connectivity index (χ1) is 7.76. The van der Waals surface area contributed by atoms with Gasteiger partial charge in [0.05, 0.1) is 29.8 Å². The van der Waals surface area contributed by atoms with Crippen molar-refractivity contribution in [2.45, 2.75) is 10.7 Å². The lowest BCUT2D eigenvalue weighted by Gasteiger charge is -2.19. The summed E-state index contributed by atoms with van der Waals surface area (Å²) in [6.07, 6.45) is 0.584. The van der Waals surface area contributed by atoms with Crippen LogP contribution in [0.3, 0.4) is 0 Å². The van der Waals surface area contributed by atoms with Gasteiger partial charge in [-0.1, -0.05) is 18.2 Å². The average Bonchev–Trinajstić information content (AvgIpc) is 2.79. The van der Waals surface area contributed by atoms with E-state index >= 15 is 0 Å². The normalized spacial score (nSPS) is 20.5. The number of aldehydes is 1. The molecule has 1 aliphatic heterocycles. The van der Waals surface area contributed by atoms with Crippen molar-refractivity contribution in [1.29, 1.82) is 0 Å². The Hall–Kier alpha value is -1.04. The molecule has 2 rings (SSSR count). The van der Waals surface area contributed by atoms with Gasteiger partial charge in [0, 0.05) is 4.90 Å². The molecule has 1 aromatic rings. The molecule has 0 aliphatic carbocycles. The van der Waals surface area contributed by atoms with Crippen molar-refractivity contribution >= 4 is 17.1 Å². The summed E-state index contributed by atoms with van der Waals surface area (Å²) in [5.74, 6) is -1.28. The van der Waals surface area contributed by atoms with Crippen molar-refractivity contribution in [2.24, 2.45) is 0 Å². The maximum absolute atomic E-state index is 12.0. The zero-order valence-electron chi connectivity index (χ0n) is 8.63. The molecule has 0 aromatic heterocycles. The molecule has 16 heavy (non-hydrogen) atoms. The van der Waals surface area contributed by atoms with Crippen LogP contribution >= 0.6 is 0 Å². The van der Waals surface area contributed by atoms with E-state index in [0.717, 1.165) is 0 Å². The van der Waals surface area contributed by atoms with Crippen LogP contribution in [0.2, 0.25) is 0 Å². The highest BCUT2D eigenvalue weighted by Crippen LogP contribution is 2.20. The molecule has 0 saturated carbocycles. The van der Waals surface area contributed by atoms with Gasteiger partial charge in [0.15, 0.2) is 6.29 Å². The summed E-state index contributed by atoms with van der Waals surface area (Å²) in [5, 5.41) is 0. The first-order valence-corrected chi connectivity index (χ1v) is 6.25. The minimum absolute atomic E-state index is 0.0422. The molecular weight excluding hydrogens is 228 g/mol. The Kier molecular flexibility index (Phi) is 3.48. The lowest BCUT2D eigenvalue weighted by Crippen LogP contribution is -2.38. The highest BCUT2D eigenvalue weighted by Gasteiger charge is 2.38. The smallest absolute Gasteiger partial charge is 0.238 e. The number of carbonyl (C=O) groups is 1. The lowest BCUT2D eigenvalue weighted by molar-refractivity contribution is -0.158. The van der Waals surface area contributed by atoms with Crippen molar-refractivity contribution in [3.63, 3.8) is 0 Å². The monoisotopic (exact) mass is 240 g/mol. The molecule has 0 N–H and O–H groups in total. The van der Waals surface area contributed by atoms with E-state index in [2.05, 4.69) is 0 Å². The van der Waals surface area contributed by atoms with Crippen LogP contribution in [-0.4, -0.2) is 35.2 Å². The van der Waals surface area contributed by atoms with Gasteiger partial charge in [0.2, 0.25) is 5.79 Å². The molecule has 86 valence electrons. The molecule has 0 radical (unpaired) electrons. The number of hydrogen-bond acceptors (Lipinski definition) is 4. The third kappa shape index (κ3) is 2.37. The van der Waals surface area contributed by atoms with Crippen molar-refractivity contribution in [1.82, 2.24) is 0 Å². The Morgan fingerprint density at radius 2 is 1.88 bits per heavy atom. The topological polar surface area (TPSA) is 52.6 Å². The van der Waals surface area contributed by atoms with Crippen LogP contribution in [0.25, 0.3) is 0 Å². The van der Waals surface area contributed by atoms with Gasteiger partial charge in [-0.15, -0.1) is 0 Å². The summed E-state index contributed by atoms with van der Waals surface area (Å²) in [5.41, 5.74) is 0. The Labute approximate surface area is 96.0 Å². The van der Waals surface area contributed by atoms with Crippen molar-refractivity contribution in [3.05, 3.63) is 30.3 Å². The summed E-state index contributed by atoms with van der Waals surface area (Å²) in [7, 11) is -1.29. The highest BCUT2D eigenvalue weighted by molar-refractivity contribution is 7.85. The van der Waals surface area contributed by atoms with E-state index < -0.39 is 16.6 Å². The van der Waals surface area contributed by atoms with Gasteiger partial charge in [-0.2, -0.15) is 0 Å². The molecule has 1 heterocycles. The fraction of sp³-hybridized carbons (Fsp3) is 0.364. The molecule has 1 atom stereocenters. The van der Waals surface area contributed by atoms with Crippen molar-refractivity contribution < 1.29 is 18.5 Å². The van der Waals surface area contributed by atoms with E-state index in [4.69, 9.17) is 9.47 Å². The first kappa shape index (κ1) is 11.4. The van der Waals surface area contributed by atoms with Crippen LogP contribution in [0.5, 0.6) is 0 Å². The molecule has 4 nitrogen and oxygen atoms in total. The summed E-state index contributed by atoms with van der Waals surface area (Å²) in [6, 6.07) is 8.96. The summed E-state index contributed by atoms with van der Waals surface area (Å²) in [6.45, 7) is 0.732. The van der Waals surface area contributed by atoms with E-state index in [1.807, 2.05) is 6.07 Å². The van der Waals surface area contributed by atoms with E-state index in [0.29, 0.717) is 24.4 Å². The molecule has 0 amide bonds. The van der Waals surface area contributed by atoms with Crippen LogP contribution in [-0.2, 0) is 25.1 Å². The molecular formula is C11H12O4S. The zero-order valence-corrected chi connectivity index (χ0v) is 9.44. The number of benzene rings is 1. The van der Waals surface area contributed by atoms with E-state index in [-0.39, 0.29) is 5.75 Å². The van der Waals surface area contributed by atoms with Crippen LogP contribution in [0.1, 0.15) is 0 Å². The van der Waals surface area contributed by atoms with Gasteiger partial charge in [-0.3, -0.25) is 9.00 Å². The molecule has 1 aromatic carbocycles. The molecule has 0 spiro atoms. The Bertz CT molecular complexity index is 384. The first-order valence-electron chi connectivity index (χ1n) is 4.93. The Balaban J connectivity index is 2.10. The average molecular weight is 240 g/mol. The molecule has 5 heteroatoms. The molecule has 1 unspecified atom stereocenters. The number of hydrogen-bond donors (Lipinski definition) is 0. The van der Waals surface area contributed by atoms with Gasteiger partial charge in [-0.25, -0.2) is 0 Å². The summed E-state index contributed by atoms with van der Waals surface area (Å²) in [4.78, 5) is 11.6. The van der Waals surface area contributed by atoms with Gasteiger partial charge in [-0.05, 0) is 12.1 Å². The second-order valence-corrected chi connectivity index (χ2v) is 4.88. The third-order valence-corrected chi connectivity index (χ3v) is 3.76. The summed E-state index contributed by atoms with van der Waals surface area (Å²) < 4.78 is 22.4. The Morgan fingerprint density at radius 3 is 2.44 bits per heavy atom. The van der Waals surface area contributed by atoms with E-state index in [9.17, 15) is 9.00 Å². The lowest BCUT2D eigenvalue weighted by atomic mass is 10.4. The standard InChI is InChI=1S/C11H12O4S/c12-8-11(14-6-7-15-11)9-16(13)10-4-2-1-3-5-10/h1-5,8H,6-7,9H2. The van der Waals surface area contributed by atoms with Crippen molar-refractivity contribution in [3.8, 4) is 0 Å². The number of ether oxygens (including phenoxy) is 2. The van der Waals surface area contributed by atoms with Crippen molar-refractivity contribution in [2.75, 3.05) is 19.0 Å². The molecule has 1 saturated heterocycles. The van der Waals surface area contributed by atoms with Crippen LogP contribution in [0.15, 0.2) is 35.2 Å². The van der Waals surface area contributed by atoms with Crippen LogP contribution in [0, 0.1) is 0 Å². The SMILES string of the molecule is O=CC1(CS(=O)c2ccccc2)OCCO1. The maximum Gasteiger partial charge on any atom is 0.238 e. The van der Waals surface area contributed by atoms with Gasteiger partial charge < -0.3 is 9.47 Å². The van der Waals surface area contributed by atoms with E-state index in [1.165, 1.54) is 0 Å². The highest BCUT2D eigenvalue weighted by atomic mass is 32.2. The number of rotatable bonds is 4. The second-order valence-electron chi connectivity index (χ2n) is 3.43. The Morgan fingerprint density at radius 1 is 1.25 bits per heavy atom. The predicted molar refractivity (Wildman–Crippen MR) is 58.4 cm³/mol. The third-order valence-electron chi connectivity index (χ3n) is 2.29. The largest absolute Gasteiger partial charge is 0.341 e. The zero-order chi connectivity index (χ0) is 11.4. The maximum atomic E-state index is 12.0. The fourth-order valence-corrected chi connectivity index (χ4v) is 2.72. The number of carbonyl (C=O) groups excluding carboxylic acids is 1. The molecule has 1 aliphatic rings. The van der Waals surface area contributed by atoms with Crippen LogP contribution < -0.4 is 0 Å². The second kappa shape index (κ2) is 4.86.